The van der Waals surface area contributed by atoms with Crippen molar-refractivity contribution in [2.75, 3.05) is 0 Å². The topological polar surface area (TPSA) is 20.2 Å². The van der Waals surface area contributed by atoms with Gasteiger partial charge in [0.25, 0.3) is 0 Å². The number of halogens is 10. The lowest BCUT2D eigenvalue weighted by Crippen LogP contribution is -2.67. The SMILES string of the molecule is OC(c1ccccc1)(C(F)(F)C(F)(F)F)C(F)(F)C(F)(F)F. The molecule has 1 aromatic rings. The summed E-state index contributed by atoms with van der Waals surface area (Å²) in [4.78, 5) is 0. The van der Waals surface area contributed by atoms with Gasteiger partial charge in [0.15, 0.2) is 0 Å². The third kappa shape index (κ3) is 2.40. The van der Waals surface area contributed by atoms with E-state index in [0.717, 1.165) is 6.07 Å². The molecule has 0 saturated heterocycles. The van der Waals surface area contributed by atoms with Gasteiger partial charge >= 0.3 is 24.2 Å². The zero-order valence-corrected chi connectivity index (χ0v) is 10.1. The molecule has 0 aliphatic carbocycles. The van der Waals surface area contributed by atoms with E-state index in [-0.39, 0.29) is 12.1 Å². The molecule has 0 radical (unpaired) electrons. The molecule has 1 N–H and O–H groups in total. The molecule has 0 aliphatic heterocycles. The Bertz CT molecular complexity index is 490. The van der Waals surface area contributed by atoms with Gasteiger partial charge in [0.05, 0.1) is 0 Å². The monoisotopic (exact) mass is 344 g/mol. The molecule has 1 aromatic carbocycles. The summed E-state index contributed by atoms with van der Waals surface area (Å²) >= 11 is 0. The first-order chi connectivity index (χ1) is 9.61. The van der Waals surface area contributed by atoms with Crippen molar-refractivity contribution in [2.45, 2.75) is 29.8 Å². The van der Waals surface area contributed by atoms with Gasteiger partial charge in [-0.05, 0) is 5.56 Å². The maximum Gasteiger partial charge on any atom is 0.457 e. The van der Waals surface area contributed by atoms with Crippen molar-refractivity contribution in [3.8, 4) is 0 Å². The van der Waals surface area contributed by atoms with Crippen LogP contribution in [0.3, 0.4) is 0 Å². The summed E-state index contributed by atoms with van der Waals surface area (Å²) in [6.07, 6.45) is -13.7. The Morgan fingerprint density at radius 1 is 0.591 bits per heavy atom. The highest BCUT2D eigenvalue weighted by Gasteiger charge is 2.85. The lowest BCUT2D eigenvalue weighted by atomic mass is 9.80. The second kappa shape index (κ2) is 5.00. The van der Waals surface area contributed by atoms with Crippen LogP contribution in [0.5, 0.6) is 0 Å². The van der Waals surface area contributed by atoms with Crippen LogP contribution in [0.15, 0.2) is 30.3 Å². The lowest BCUT2D eigenvalue weighted by Gasteiger charge is -2.42. The Balaban J connectivity index is 3.76. The second-order valence-corrected chi connectivity index (χ2v) is 4.22. The molecule has 0 unspecified atom stereocenters. The van der Waals surface area contributed by atoms with Gasteiger partial charge in [-0.15, -0.1) is 0 Å². The van der Waals surface area contributed by atoms with E-state index in [9.17, 15) is 49.0 Å². The van der Waals surface area contributed by atoms with Crippen LogP contribution in [0.25, 0.3) is 0 Å². The molecule has 11 heteroatoms. The fourth-order valence-corrected chi connectivity index (χ4v) is 1.65. The Hall–Kier alpha value is -1.52. The molecule has 1 nitrogen and oxygen atoms in total. The molecule has 22 heavy (non-hydrogen) atoms. The highest BCUT2D eigenvalue weighted by Crippen LogP contribution is 2.59. The van der Waals surface area contributed by atoms with Crippen LogP contribution in [0.4, 0.5) is 43.9 Å². The fraction of sp³-hybridized carbons (Fsp3) is 0.455. The molecule has 0 fully saturated rings. The van der Waals surface area contributed by atoms with Gasteiger partial charge in [-0.2, -0.15) is 43.9 Å². The first-order valence-corrected chi connectivity index (χ1v) is 5.27. The number of alkyl halides is 10. The fourth-order valence-electron chi connectivity index (χ4n) is 1.65. The molecule has 0 heterocycles. The quantitative estimate of drug-likeness (QED) is 0.812. The third-order valence-corrected chi connectivity index (χ3v) is 2.81. The minimum atomic E-state index is -6.85. The number of rotatable bonds is 3. The number of aliphatic hydroxyl groups is 1. The average Bonchev–Trinajstić information content (AvgIpc) is 2.35. The highest BCUT2D eigenvalue weighted by atomic mass is 19.4. The van der Waals surface area contributed by atoms with E-state index in [0.29, 0.717) is 12.1 Å². The predicted molar refractivity (Wildman–Crippen MR) is 52.3 cm³/mol. The summed E-state index contributed by atoms with van der Waals surface area (Å²) in [6.45, 7) is 0. The molecule has 0 atom stereocenters. The Morgan fingerprint density at radius 3 is 1.18 bits per heavy atom. The van der Waals surface area contributed by atoms with Crippen molar-refractivity contribution in [1.29, 1.82) is 0 Å². The first kappa shape index (κ1) is 18.5. The van der Waals surface area contributed by atoms with Gasteiger partial charge in [-0.1, -0.05) is 30.3 Å². The molecule has 0 bridgehead atoms. The van der Waals surface area contributed by atoms with E-state index in [1.807, 2.05) is 0 Å². The number of hydrogen-bond donors (Lipinski definition) is 1. The molecule has 0 saturated carbocycles. The van der Waals surface area contributed by atoms with E-state index in [2.05, 4.69) is 0 Å². The number of benzene rings is 1. The largest absolute Gasteiger partial charge is 0.457 e. The van der Waals surface area contributed by atoms with Gasteiger partial charge in [-0.25, -0.2) is 0 Å². The summed E-state index contributed by atoms with van der Waals surface area (Å²) in [5, 5.41) is 9.27. The zero-order valence-electron chi connectivity index (χ0n) is 10.1. The van der Waals surface area contributed by atoms with Crippen molar-refractivity contribution in [1.82, 2.24) is 0 Å². The molecular weight excluding hydrogens is 338 g/mol. The smallest absolute Gasteiger partial charge is 0.373 e. The summed E-state index contributed by atoms with van der Waals surface area (Å²) < 4.78 is 127. The highest BCUT2D eigenvalue weighted by molar-refractivity contribution is 5.30. The van der Waals surface area contributed by atoms with E-state index >= 15 is 0 Å². The van der Waals surface area contributed by atoms with Crippen molar-refractivity contribution in [3.05, 3.63) is 35.9 Å². The summed E-state index contributed by atoms with van der Waals surface area (Å²) in [5.41, 5.74) is -7.79. The Labute approximate surface area is 116 Å². The Morgan fingerprint density at radius 2 is 0.909 bits per heavy atom. The van der Waals surface area contributed by atoms with Gasteiger partial charge in [-0.3, -0.25) is 0 Å². The van der Waals surface area contributed by atoms with E-state index < -0.39 is 35.4 Å². The van der Waals surface area contributed by atoms with Gasteiger partial charge in [0.1, 0.15) is 0 Å². The van der Waals surface area contributed by atoms with Gasteiger partial charge < -0.3 is 5.11 Å². The molecule has 0 aliphatic rings. The van der Waals surface area contributed by atoms with Crippen molar-refractivity contribution >= 4 is 0 Å². The normalized spacial score (nSPS) is 15.0. The average molecular weight is 344 g/mol. The molecule has 0 spiro atoms. The van der Waals surface area contributed by atoms with Crippen molar-refractivity contribution < 1.29 is 49.0 Å². The van der Waals surface area contributed by atoms with E-state index in [4.69, 9.17) is 0 Å². The van der Waals surface area contributed by atoms with Crippen molar-refractivity contribution in [2.24, 2.45) is 0 Å². The maximum absolute atomic E-state index is 13.3. The molecular formula is C11H6F10O. The first-order valence-electron chi connectivity index (χ1n) is 5.27. The van der Waals surface area contributed by atoms with Crippen molar-refractivity contribution in [3.63, 3.8) is 0 Å². The lowest BCUT2D eigenvalue weighted by molar-refractivity contribution is -0.429. The van der Waals surface area contributed by atoms with Crippen LogP contribution in [0, 0.1) is 0 Å². The number of hydrogen-bond acceptors (Lipinski definition) is 1. The molecule has 0 amide bonds. The van der Waals surface area contributed by atoms with Crippen LogP contribution in [-0.4, -0.2) is 29.3 Å². The van der Waals surface area contributed by atoms with Crippen LogP contribution in [-0.2, 0) is 5.60 Å². The van der Waals surface area contributed by atoms with Crippen LogP contribution in [0.1, 0.15) is 5.56 Å². The molecule has 0 aromatic heterocycles. The summed E-state index contributed by atoms with van der Waals surface area (Å²) in [6, 6.07) is 2.43. The minimum Gasteiger partial charge on any atom is -0.373 e. The van der Waals surface area contributed by atoms with Crippen LogP contribution < -0.4 is 0 Å². The predicted octanol–water partition coefficient (Wildman–Crippen LogP) is 4.27. The van der Waals surface area contributed by atoms with Crippen LogP contribution >= 0.6 is 0 Å². The van der Waals surface area contributed by atoms with E-state index in [1.165, 1.54) is 0 Å². The second-order valence-electron chi connectivity index (χ2n) is 4.22. The van der Waals surface area contributed by atoms with Crippen LogP contribution in [0.2, 0.25) is 0 Å². The molecule has 1 rings (SSSR count). The summed E-state index contributed by atoms with van der Waals surface area (Å²) in [5.74, 6) is -13.6. The molecule has 126 valence electrons. The maximum atomic E-state index is 13.3. The third-order valence-electron chi connectivity index (χ3n) is 2.81. The van der Waals surface area contributed by atoms with Gasteiger partial charge in [0, 0.05) is 0 Å². The summed E-state index contributed by atoms with van der Waals surface area (Å²) in [7, 11) is 0. The Kier molecular flexibility index (Phi) is 4.21. The standard InChI is InChI=1S/C11H6F10O/c12-8(13,10(16,17)18)7(22,6-4-2-1-3-5-6)9(14,15)11(19,20)21/h1-5,22H. The van der Waals surface area contributed by atoms with E-state index in [1.54, 1.807) is 0 Å². The minimum absolute atomic E-state index is 0.110. The van der Waals surface area contributed by atoms with Gasteiger partial charge in [0.2, 0.25) is 5.60 Å². The zero-order chi connectivity index (χ0) is 17.6.